The Morgan fingerprint density at radius 2 is 1.73 bits per heavy atom. The van der Waals surface area contributed by atoms with E-state index in [9.17, 15) is 4.39 Å². The van der Waals surface area contributed by atoms with Crippen LogP contribution in [0.1, 0.15) is 89.6 Å². The number of hydrogen-bond acceptors (Lipinski definition) is 2. The summed E-state index contributed by atoms with van der Waals surface area (Å²) in [5, 5.41) is 8.69. The van der Waals surface area contributed by atoms with Crippen molar-refractivity contribution < 1.29 is 4.39 Å². The highest BCUT2D eigenvalue weighted by Crippen LogP contribution is 2.38. The first kappa shape index (κ1) is 24.0. The molecule has 0 amide bonds. The predicted molar refractivity (Wildman–Crippen MR) is 136 cm³/mol. The van der Waals surface area contributed by atoms with Gasteiger partial charge in [0.2, 0.25) is 0 Å². The van der Waals surface area contributed by atoms with E-state index in [2.05, 4.69) is 39.6 Å². The van der Waals surface area contributed by atoms with Crippen LogP contribution in [0.3, 0.4) is 0 Å². The number of halogens is 1. The largest absolute Gasteiger partial charge is 0.381 e. The second-order valence-corrected chi connectivity index (χ2v) is 11.3. The van der Waals surface area contributed by atoms with E-state index >= 15 is 0 Å². The zero-order chi connectivity index (χ0) is 23.5. The molecule has 0 aliphatic heterocycles. The van der Waals surface area contributed by atoms with Crippen LogP contribution in [0.4, 0.5) is 4.39 Å². The Hall–Kier alpha value is -2.10. The number of benzene rings is 1. The zero-order valence-corrected chi connectivity index (χ0v) is 21.0. The van der Waals surface area contributed by atoms with Crippen molar-refractivity contribution in [1.29, 1.82) is 0 Å². The van der Waals surface area contributed by atoms with Crippen LogP contribution in [0.2, 0.25) is 0 Å². The fourth-order valence-corrected chi connectivity index (χ4v) is 6.51. The maximum atomic E-state index is 13.5. The quantitative estimate of drug-likeness (QED) is 0.455. The van der Waals surface area contributed by atoms with Crippen molar-refractivity contribution in [2.75, 3.05) is 0 Å². The van der Waals surface area contributed by atoms with E-state index in [1.165, 1.54) is 68.3 Å². The Balaban J connectivity index is 1.45. The molecule has 4 heteroatoms. The normalized spacial score (nSPS) is 23.9. The summed E-state index contributed by atoms with van der Waals surface area (Å²) in [5.41, 5.74) is 5.43. The van der Waals surface area contributed by atoms with E-state index in [4.69, 9.17) is 5.10 Å². The second kappa shape index (κ2) is 10.4. The summed E-state index contributed by atoms with van der Waals surface area (Å²) in [4.78, 5) is 0. The summed E-state index contributed by atoms with van der Waals surface area (Å²) in [6.45, 7) is 13.9. The van der Waals surface area contributed by atoms with Crippen LogP contribution in [0.5, 0.6) is 0 Å². The Kier molecular flexibility index (Phi) is 7.61. The third-order valence-corrected chi connectivity index (χ3v) is 7.59. The van der Waals surface area contributed by atoms with Crippen molar-refractivity contribution in [2.24, 2.45) is 23.7 Å². The lowest BCUT2D eigenvalue weighted by Crippen LogP contribution is -2.31. The van der Waals surface area contributed by atoms with Crippen LogP contribution in [0.15, 0.2) is 30.8 Å². The monoisotopic (exact) mass is 451 g/mol. The second-order valence-electron chi connectivity index (χ2n) is 11.3. The summed E-state index contributed by atoms with van der Waals surface area (Å²) in [5.74, 6) is 3.08. The first-order chi connectivity index (χ1) is 15.8. The first-order valence-corrected chi connectivity index (χ1v) is 13.1. The minimum atomic E-state index is -0.215. The van der Waals surface area contributed by atoms with Crippen LogP contribution in [-0.4, -0.2) is 15.8 Å². The topological polar surface area (TPSA) is 29.9 Å². The van der Waals surface area contributed by atoms with E-state index in [1.807, 2.05) is 16.8 Å². The fourth-order valence-electron chi connectivity index (χ4n) is 6.51. The molecule has 0 radical (unpaired) electrons. The van der Waals surface area contributed by atoms with Gasteiger partial charge >= 0.3 is 0 Å². The SMILES string of the molecule is C=C(NC(C)CC1CC(C)CC(CC(C)C)C1)c1nn(-c2ccc(F)cc2)c2c1CCCC2. The van der Waals surface area contributed by atoms with Crippen LogP contribution >= 0.6 is 0 Å². The van der Waals surface area contributed by atoms with Gasteiger partial charge in [-0.1, -0.05) is 27.4 Å². The molecular formula is C29H42FN3. The summed E-state index contributed by atoms with van der Waals surface area (Å²) in [6, 6.07) is 7.04. The Morgan fingerprint density at radius 3 is 2.42 bits per heavy atom. The molecule has 1 heterocycles. The molecule has 0 spiro atoms. The molecule has 1 aromatic carbocycles. The van der Waals surface area contributed by atoms with Crippen LogP contribution in [0.25, 0.3) is 11.4 Å². The lowest BCUT2D eigenvalue weighted by molar-refractivity contribution is 0.170. The molecule has 0 bridgehead atoms. The van der Waals surface area contributed by atoms with Gasteiger partial charge in [0.15, 0.2) is 0 Å². The molecule has 3 nitrogen and oxygen atoms in total. The summed E-state index contributed by atoms with van der Waals surface area (Å²) in [6.07, 6.45) is 11.1. The maximum Gasteiger partial charge on any atom is 0.123 e. The molecule has 0 saturated heterocycles. The fraction of sp³-hybridized carbons (Fsp3) is 0.621. The van der Waals surface area contributed by atoms with Crippen molar-refractivity contribution in [3.8, 4) is 5.69 Å². The summed E-state index contributed by atoms with van der Waals surface area (Å²) < 4.78 is 15.5. The lowest BCUT2D eigenvalue weighted by Gasteiger charge is -2.35. The average Bonchev–Trinajstić information content (AvgIpc) is 3.13. The molecule has 1 fully saturated rings. The van der Waals surface area contributed by atoms with Crippen molar-refractivity contribution in [1.82, 2.24) is 15.1 Å². The molecule has 2 aliphatic carbocycles. The molecule has 2 aromatic rings. The first-order valence-electron chi connectivity index (χ1n) is 13.1. The number of fused-ring (bicyclic) bond motifs is 1. The van der Waals surface area contributed by atoms with Gasteiger partial charge in [0.05, 0.1) is 11.4 Å². The van der Waals surface area contributed by atoms with Crippen molar-refractivity contribution in [3.05, 3.63) is 53.6 Å². The van der Waals surface area contributed by atoms with Gasteiger partial charge in [-0.05, 0) is 113 Å². The molecule has 1 aromatic heterocycles. The number of rotatable bonds is 8. The number of nitrogens with zero attached hydrogens (tertiary/aromatic N) is 2. The molecule has 2 aliphatic rings. The zero-order valence-electron chi connectivity index (χ0n) is 21.0. The predicted octanol–water partition coefficient (Wildman–Crippen LogP) is 7.33. The van der Waals surface area contributed by atoms with E-state index in [0.717, 1.165) is 53.6 Å². The van der Waals surface area contributed by atoms with Gasteiger partial charge in [-0.15, -0.1) is 0 Å². The highest BCUT2D eigenvalue weighted by Gasteiger charge is 2.29. The molecule has 4 atom stereocenters. The summed E-state index contributed by atoms with van der Waals surface area (Å²) in [7, 11) is 0. The van der Waals surface area contributed by atoms with Crippen molar-refractivity contribution in [3.63, 3.8) is 0 Å². The Bertz CT molecular complexity index is 941. The molecule has 1 saturated carbocycles. The van der Waals surface area contributed by atoms with Gasteiger partial charge in [-0.25, -0.2) is 9.07 Å². The minimum absolute atomic E-state index is 0.215. The third kappa shape index (κ3) is 5.88. The van der Waals surface area contributed by atoms with Crippen LogP contribution < -0.4 is 5.32 Å². The van der Waals surface area contributed by atoms with Crippen LogP contribution in [0, 0.1) is 29.5 Å². The lowest BCUT2D eigenvalue weighted by atomic mass is 9.71. The maximum absolute atomic E-state index is 13.5. The molecule has 33 heavy (non-hydrogen) atoms. The standard InChI is InChI=1S/C29H42FN3/c1-19(2)14-23-15-20(3)16-24(18-23)17-21(4)31-22(5)29-27-8-6-7-9-28(27)33(32-29)26-12-10-25(30)11-13-26/h10-13,19-21,23-24,31H,5-9,14-18H2,1-4H3. The summed E-state index contributed by atoms with van der Waals surface area (Å²) >= 11 is 0. The third-order valence-electron chi connectivity index (χ3n) is 7.59. The molecule has 1 N–H and O–H groups in total. The Morgan fingerprint density at radius 1 is 1.06 bits per heavy atom. The number of nitrogens with one attached hydrogen (secondary N) is 1. The van der Waals surface area contributed by atoms with E-state index in [1.54, 1.807) is 0 Å². The minimum Gasteiger partial charge on any atom is -0.381 e. The average molecular weight is 452 g/mol. The van der Waals surface area contributed by atoms with Gasteiger partial charge in [-0.2, -0.15) is 5.10 Å². The van der Waals surface area contributed by atoms with Gasteiger partial charge in [-0.3, -0.25) is 0 Å². The smallest absolute Gasteiger partial charge is 0.123 e. The molecule has 180 valence electrons. The van der Waals surface area contributed by atoms with Crippen molar-refractivity contribution in [2.45, 2.75) is 91.5 Å². The van der Waals surface area contributed by atoms with Gasteiger partial charge < -0.3 is 5.32 Å². The number of hydrogen-bond donors (Lipinski definition) is 1. The highest BCUT2D eigenvalue weighted by molar-refractivity contribution is 5.63. The van der Waals surface area contributed by atoms with Crippen molar-refractivity contribution >= 4 is 5.70 Å². The van der Waals surface area contributed by atoms with Gasteiger partial charge in [0.25, 0.3) is 0 Å². The van der Waals surface area contributed by atoms with E-state index in [0.29, 0.717) is 6.04 Å². The van der Waals surface area contributed by atoms with Crippen LogP contribution in [-0.2, 0) is 12.8 Å². The molecular weight excluding hydrogens is 409 g/mol. The molecule has 4 unspecified atom stereocenters. The Labute approximate surface area is 199 Å². The van der Waals surface area contributed by atoms with Gasteiger partial charge in [0, 0.05) is 17.3 Å². The number of aromatic nitrogens is 2. The van der Waals surface area contributed by atoms with E-state index in [-0.39, 0.29) is 5.82 Å². The van der Waals surface area contributed by atoms with E-state index < -0.39 is 0 Å². The molecule has 4 rings (SSSR count). The highest BCUT2D eigenvalue weighted by atomic mass is 19.1. The van der Waals surface area contributed by atoms with Gasteiger partial charge in [0.1, 0.15) is 11.5 Å².